The van der Waals surface area contributed by atoms with E-state index in [4.69, 9.17) is 20.2 Å². The lowest BCUT2D eigenvalue weighted by Crippen LogP contribution is -2.41. The van der Waals surface area contributed by atoms with Crippen LogP contribution in [0.15, 0.2) is 42.7 Å². The normalized spacial score (nSPS) is 18.6. The first-order valence-electron chi connectivity index (χ1n) is 13.3. The number of hydrogen-bond acceptors (Lipinski definition) is 8. The van der Waals surface area contributed by atoms with Gasteiger partial charge in [0.15, 0.2) is 0 Å². The molecule has 2 aliphatic rings. The van der Waals surface area contributed by atoms with Crippen LogP contribution < -0.4 is 20.5 Å². The highest BCUT2D eigenvalue weighted by molar-refractivity contribution is 6.05. The number of carbonyl (C=O) groups is 2. The van der Waals surface area contributed by atoms with Crippen LogP contribution in [-0.4, -0.2) is 62.9 Å². The molecule has 11 heteroatoms. The van der Waals surface area contributed by atoms with Gasteiger partial charge in [-0.25, -0.2) is 15.0 Å². The number of methoxy groups -OCH3 is 2. The molecule has 0 bridgehead atoms. The summed E-state index contributed by atoms with van der Waals surface area (Å²) < 4.78 is 13.0. The van der Waals surface area contributed by atoms with Crippen LogP contribution in [0, 0.1) is 6.92 Å². The van der Waals surface area contributed by atoms with E-state index in [2.05, 4.69) is 19.7 Å². The third-order valence-electron chi connectivity index (χ3n) is 7.90. The summed E-state index contributed by atoms with van der Waals surface area (Å²) >= 11 is 0. The number of carbonyl (C=O) groups excluding carboxylic acids is 2. The number of piperidine rings is 1. The van der Waals surface area contributed by atoms with Crippen LogP contribution in [0.1, 0.15) is 53.5 Å². The third-order valence-corrected chi connectivity index (χ3v) is 7.90. The summed E-state index contributed by atoms with van der Waals surface area (Å²) in [5, 5.41) is 2.79. The Bertz CT molecular complexity index is 1630. The van der Waals surface area contributed by atoms with Gasteiger partial charge >= 0.3 is 0 Å². The van der Waals surface area contributed by atoms with Gasteiger partial charge in [-0.3, -0.25) is 14.0 Å². The van der Waals surface area contributed by atoms with Crippen molar-refractivity contribution in [1.29, 1.82) is 0 Å². The first-order valence-corrected chi connectivity index (χ1v) is 13.3. The molecule has 0 saturated carbocycles. The van der Waals surface area contributed by atoms with Gasteiger partial charge in [0.2, 0.25) is 5.91 Å². The van der Waals surface area contributed by atoms with Gasteiger partial charge < -0.3 is 25.4 Å². The van der Waals surface area contributed by atoms with E-state index in [0.29, 0.717) is 64.5 Å². The SMILES string of the molecule is COc1ccnc(NC(=O)c2ccc(-c3nc([C@@H]4CC[C@H]5CCC(=O)N5C4)n4c(C)cnc(N)c34)c(OC)c2)c1. The molecule has 40 heavy (non-hydrogen) atoms. The molecule has 2 saturated heterocycles. The molecule has 1 aromatic carbocycles. The monoisotopic (exact) mass is 541 g/mol. The van der Waals surface area contributed by atoms with Crippen molar-refractivity contribution in [2.45, 2.75) is 44.6 Å². The number of aromatic nitrogens is 4. The number of nitrogens with one attached hydrogen (secondary N) is 1. The van der Waals surface area contributed by atoms with Crippen molar-refractivity contribution >= 4 is 29.0 Å². The van der Waals surface area contributed by atoms with Crippen LogP contribution in [0.5, 0.6) is 11.5 Å². The lowest BCUT2D eigenvalue weighted by atomic mass is 9.92. The second-order valence-electron chi connectivity index (χ2n) is 10.3. The van der Waals surface area contributed by atoms with Gasteiger partial charge in [-0.2, -0.15) is 0 Å². The minimum absolute atomic E-state index is 0.0615. The Morgan fingerprint density at radius 3 is 2.75 bits per heavy atom. The lowest BCUT2D eigenvalue weighted by molar-refractivity contribution is -0.130. The molecular formula is C29H31N7O4. The predicted molar refractivity (Wildman–Crippen MR) is 150 cm³/mol. The maximum Gasteiger partial charge on any atom is 0.256 e. The molecule has 11 nitrogen and oxygen atoms in total. The number of rotatable bonds is 6. The van der Waals surface area contributed by atoms with Crippen molar-refractivity contribution in [2.75, 3.05) is 31.8 Å². The number of ether oxygens (including phenoxy) is 2. The molecule has 2 amide bonds. The number of pyridine rings is 1. The van der Waals surface area contributed by atoms with Crippen molar-refractivity contribution in [3.63, 3.8) is 0 Å². The molecule has 206 valence electrons. The minimum Gasteiger partial charge on any atom is -0.497 e. The van der Waals surface area contributed by atoms with E-state index in [1.807, 2.05) is 17.9 Å². The Hall–Kier alpha value is -4.67. The standard InChI is InChI=1S/C29H31N7O4/c1-16-14-32-27(30)26-25(34-28(36(16)26)18-4-6-19-7-9-24(37)35(19)15-18)21-8-5-17(12-22(21)40-3)29(38)33-23-13-20(39-2)10-11-31-23/h5,8,10-14,18-19H,4,6-7,9,15H2,1-3H3,(H2,30,32)(H,31,33,38)/t18-,19+/m1/s1. The Kier molecular flexibility index (Phi) is 6.49. The molecule has 5 heterocycles. The van der Waals surface area contributed by atoms with Gasteiger partial charge in [-0.05, 0) is 50.5 Å². The van der Waals surface area contributed by atoms with Gasteiger partial charge in [0.05, 0.1) is 14.2 Å². The molecule has 0 spiro atoms. The number of amides is 2. The number of nitrogens with two attached hydrogens (primary N) is 1. The van der Waals surface area contributed by atoms with E-state index in [-0.39, 0.29) is 17.7 Å². The van der Waals surface area contributed by atoms with E-state index in [9.17, 15) is 9.59 Å². The maximum atomic E-state index is 13.0. The smallest absolute Gasteiger partial charge is 0.256 e. The van der Waals surface area contributed by atoms with Crippen LogP contribution in [0.4, 0.5) is 11.6 Å². The van der Waals surface area contributed by atoms with Crippen molar-refractivity contribution in [3.05, 3.63) is 59.8 Å². The predicted octanol–water partition coefficient (Wildman–Crippen LogP) is 3.82. The van der Waals surface area contributed by atoms with E-state index in [0.717, 1.165) is 30.8 Å². The highest BCUT2D eigenvalue weighted by Crippen LogP contribution is 2.40. The molecule has 0 aliphatic carbocycles. The van der Waals surface area contributed by atoms with E-state index < -0.39 is 0 Å². The van der Waals surface area contributed by atoms with Crippen molar-refractivity contribution < 1.29 is 19.1 Å². The summed E-state index contributed by atoms with van der Waals surface area (Å²) in [7, 11) is 3.10. The van der Waals surface area contributed by atoms with Crippen molar-refractivity contribution in [3.8, 4) is 22.8 Å². The number of benzene rings is 1. The van der Waals surface area contributed by atoms with Crippen LogP contribution in [0.2, 0.25) is 0 Å². The maximum absolute atomic E-state index is 13.0. The third kappa shape index (κ3) is 4.37. The van der Waals surface area contributed by atoms with Crippen molar-refractivity contribution in [1.82, 2.24) is 24.3 Å². The molecule has 0 unspecified atom stereocenters. The summed E-state index contributed by atoms with van der Waals surface area (Å²) in [5.74, 6) is 2.56. The molecule has 3 N–H and O–H groups in total. The number of hydrogen-bond donors (Lipinski definition) is 2. The Morgan fingerprint density at radius 2 is 1.95 bits per heavy atom. The number of imidazole rings is 1. The molecule has 2 atom stereocenters. The topological polar surface area (TPSA) is 137 Å². The Labute approximate surface area is 231 Å². The average molecular weight is 542 g/mol. The minimum atomic E-state index is -0.343. The van der Waals surface area contributed by atoms with Gasteiger partial charge in [-0.15, -0.1) is 0 Å². The fourth-order valence-corrected chi connectivity index (χ4v) is 5.87. The molecule has 4 aromatic rings. The molecule has 6 rings (SSSR count). The number of anilines is 2. The second-order valence-corrected chi connectivity index (χ2v) is 10.3. The van der Waals surface area contributed by atoms with Crippen molar-refractivity contribution in [2.24, 2.45) is 0 Å². The molecule has 0 radical (unpaired) electrons. The zero-order valence-electron chi connectivity index (χ0n) is 22.7. The second kappa shape index (κ2) is 10.1. The summed E-state index contributed by atoms with van der Waals surface area (Å²) in [5.41, 5.74) is 9.71. The Morgan fingerprint density at radius 1 is 1.10 bits per heavy atom. The summed E-state index contributed by atoms with van der Waals surface area (Å²) in [6.45, 7) is 2.61. The molecular weight excluding hydrogens is 510 g/mol. The number of nitrogens with zero attached hydrogens (tertiary/aromatic N) is 5. The van der Waals surface area contributed by atoms with Gasteiger partial charge in [0.1, 0.15) is 40.2 Å². The first-order chi connectivity index (χ1) is 19.4. The largest absolute Gasteiger partial charge is 0.497 e. The van der Waals surface area contributed by atoms with Gasteiger partial charge in [0.25, 0.3) is 5.91 Å². The summed E-state index contributed by atoms with van der Waals surface area (Å²) in [6.07, 6.45) is 6.73. The lowest BCUT2D eigenvalue weighted by Gasteiger charge is -2.34. The number of nitrogen functional groups attached to an aromatic ring is 1. The first kappa shape index (κ1) is 25.6. The van der Waals surface area contributed by atoms with E-state index in [1.165, 1.54) is 0 Å². The quantitative estimate of drug-likeness (QED) is 0.376. The van der Waals surface area contributed by atoms with Crippen LogP contribution in [0.25, 0.3) is 16.8 Å². The average Bonchev–Trinajstić information content (AvgIpc) is 3.56. The Balaban J connectivity index is 1.39. The van der Waals surface area contributed by atoms with Crippen LogP contribution in [-0.2, 0) is 4.79 Å². The van der Waals surface area contributed by atoms with E-state index in [1.54, 1.807) is 50.9 Å². The molecule has 3 aromatic heterocycles. The summed E-state index contributed by atoms with van der Waals surface area (Å²) in [6, 6.07) is 8.86. The van der Waals surface area contributed by atoms with Gasteiger partial charge in [-0.1, -0.05) is 0 Å². The highest BCUT2D eigenvalue weighted by atomic mass is 16.5. The molecule has 2 fully saturated rings. The zero-order chi connectivity index (χ0) is 28.0. The highest BCUT2D eigenvalue weighted by Gasteiger charge is 2.38. The van der Waals surface area contributed by atoms with E-state index >= 15 is 0 Å². The number of aryl methyl sites for hydroxylation is 1. The molecule has 2 aliphatic heterocycles. The van der Waals surface area contributed by atoms with Crippen LogP contribution >= 0.6 is 0 Å². The summed E-state index contributed by atoms with van der Waals surface area (Å²) in [4.78, 5) is 41.3. The van der Waals surface area contributed by atoms with Gasteiger partial charge in [0, 0.05) is 60.2 Å². The zero-order valence-corrected chi connectivity index (χ0v) is 22.7. The van der Waals surface area contributed by atoms with Crippen LogP contribution in [0.3, 0.4) is 0 Å². The number of fused-ring (bicyclic) bond motifs is 2. The fraction of sp³-hybridized carbons (Fsp3) is 0.345. The fourth-order valence-electron chi connectivity index (χ4n) is 5.87.